The van der Waals surface area contributed by atoms with E-state index in [4.69, 9.17) is 0 Å². The smallest absolute Gasteiger partial charge is 0.236 e. The van der Waals surface area contributed by atoms with E-state index in [1.54, 1.807) is 0 Å². The lowest BCUT2D eigenvalue weighted by molar-refractivity contribution is -0.135. The molecule has 0 atom stereocenters. The summed E-state index contributed by atoms with van der Waals surface area (Å²) < 4.78 is 0. The number of likely N-dealkylation sites (tertiary alicyclic amines) is 1. The molecule has 0 saturated carbocycles. The molecule has 110 valence electrons. The Balaban J connectivity index is 2.41. The quantitative estimate of drug-likeness (QED) is 0.708. The number of piperidine rings is 1. The van der Waals surface area contributed by atoms with E-state index >= 15 is 0 Å². The summed E-state index contributed by atoms with van der Waals surface area (Å²) in [6.45, 7) is 10.2. The van der Waals surface area contributed by atoms with Gasteiger partial charge in [0.1, 0.15) is 5.78 Å². The van der Waals surface area contributed by atoms with Crippen molar-refractivity contribution in [3.8, 4) is 0 Å². The standard InChI is InChI=1S/C15H28N2O2/c1-4-13(5-2)11-16(6-3)12-15(19)17-9-7-14(18)8-10-17/h13H,4-12H2,1-3H3. The van der Waals surface area contributed by atoms with Gasteiger partial charge in [-0.15, -0.1) is 0 Å². The van der Waals surface area contributed by atoms with Gasteiger partial charge in [0.15, 0.2) is 0 Å². The first-order chi connectivity index (χ1) is 9.10. The van der Waals surface area contributed by atoms with Crippen molar-refractivity contribution >= 4 is 11.7 Å². The number of hydrogen-bond acceptors (Lipinski definition) is 3. The third-order valence-electron chi connectivity index (χ3n) is 4.15. The highest BCUT2D eigenvalue weighted by atomic mass is 16.2. The van der Waals surface area contributed by atoms with Gasteiger partial charge in [-0.2, -0.15) is 0 Å². The Kier molecular flexibility index (Phi) is 7.06. The maximum Gasteiger partial charge on any atom is 0.236 e. The largest absolute Gasteiger partial charge is 0.341 e. The Bertz CT molecular complexity index is 291. The Hall–Kier alpha value is -0.900. The van der Waals surface area contributed by atoms with E-state index in [-0.39, 0.29) is 11.7 Å². The van der Waals surface area contributed by atoms with Crippen molar-refractivity contribution in [1.29, 1.82) is 0 Å². The number of hydrogen-bond donors (Lipinski definition) is 0. The molecule has 0 aromatic carbocycles. The van der Waals surface area contributed by atoms with Crippen LogP contribution in [0.1, 0.15) is 46.5 Å². The van der Waals surface area contributed by atoms with Crippen LogP contribution >= 0.6 is 0 Å². The summed E-state index contributed by atoms with van der Waals surface area (Å²) in [6.07, 6.45) is 3.40. The van der Waals surface area contributed by atoms with E-state index in [1.807, 2.05) is 4.90 Å². The number of amides is 1. The van der Waals surface area contributed by atoms with Crippen LogP contribution in [-0.4, -0.2) is 54.2 Å². The molecule has 1 heterocycles. The fraction of sp³-hybridized carbons (Fsp3) is 0.867. The van der Waals surface area contributed by atoms with Crippen LogP contribution in [0, 0.1) is 5.92 Å². The van der Waals surface area contributed by atoms with Gasteiger partial charge in [0, 0.05) is 32.5 Å². The highest BCUT2D eigenvalue weighted by Gasteiger charge is 2.22. The van der Waals surface area contributed by atoms with Crippen molar-refractivity contribution in [2.45, 2.75) is 46.5 Å². The summed E-state index contributed by atoms with van der Waals surface area (Å²) in [5.74, 6) is 1.14. The van der Waals surface area contributed by atoms with Crippen molar-refractivity contribution in [2.75, 3.05) is 32.7 Å². The molecule has 1 aliphatic rings. The van der Waals surface area contributed by atoms with Crippen molar-refractivity contribution in [3.05, 3.63) is 0 Å². The third kappa shape index (κ3) is 5.31. The Morgan fingerprint density at radius 1 is 1.21 bits per heavy atom. The maximum atomic E-state index is 12.2. The number of Topliss-reactive ketones (excluding diaryl/α,β-unsaturated/α-hetero) is 1. The van der Waals surface area contributed by atoms with Crippen molar-refractivity contribution in [3.63, 3.8) is 0 Å². The molecular formula is C15H28N2O2. The van der Waals surface area contributed by atoms with Crippen LogP contribution in [0.15, 0.2) is 0 Å². The highest BCUT2D eigenvalue weighted by Crippen LogP contribution is 2.11. The van der Waals surface area contributed by atoms with Crippen LogP contribution in [0.4, 0.5) is 0 Å². The molecule has 0 aromatic heterocycles. The highest BCUT2D eigenvalue weighted by molar-refractivity contribution is 5.84. The number of nitrogens with zero attached hydrogens (tertiary/aromatic N) is 2. The lowest BCUT2D eigenvalue weighted by atomic mass is 10.0. The van der Waals surface area contributed by atoms with Crippen molar-refractivity contribution < 1.29 is 9.59 Å². The third-order valence-corrected chi connectivity index (χ3v) is 4.15. The summed E-state index contributed by atoms with van der Waals surface area (Å²) in [7, 11) is 0. The van der Waals surface area contributed by atoms with Crippen molar-refractivity contribution in [2.24, 2.45) is 5.92 Å². The fourth-order valence-corrected chi connectivity index (χ4v) is 2.51. The number of ketones is 1. The van der Waals surface area contributed by atoms with E-state index in [9.17, 15) is 9.59 Å². The zero-order valence-electron chi connectivity index (χ0n) is 12.7. The van der Waals surface area contributed by atoms with Crippen LogP contribution < -0.4 is 0 Å². The molecule has 0 unspecified atom stereocenters. The van der Waals surface area contributed by atoms with Gasteiger partial charge in [0.2, 0.25) is 5.91 Å². The van der Waals surface area contributed by atoms with E-state index < -0.39 is 0 Å². The van der Waals surface area contributed by atoms with Crippen molar-refractivity contribution in [1.82, 2.24) is 9.80 Å². The first kappa shape index (κ1) is 16.2. The molecule has 1 amide bonds. The maximum absolute atomic E-state index is 12.2. The average molecular weight is 268 g/mol. The molecule has 1 saturated heterocycles. The van der Waals surface area contributed by atoms with Crippen LogP contribution in [0.25, 0.3) is 0 Å². The second-order valence-corrected chi connectivity index (χ2v) is 5.43. The van der Waals surface area contributed by atoms with Crippen LogP contribution in [0.5, 0.6) is 0 Å². The number of rotatable bonds is 7. The molecule has 1 aliphatic heterocycles. The molecule has 4 heteroatoms. The summed E-state index contributed by atoms with van der Waals surface area (Å²) in [5.41, 5.74) is 0. The molecule has 0 aromatic rings. The Morgan fingerprint density at radius 2 is 1.79 bits per heavy atom. The minimum atomic E-state index is 0.181. The minimum Gasteiger partial charge on any atom is -0.341 e. The Morgan fingerprint density at radius 3 is 2.26 bits per heavy atom. The van der Waals surface area contributed by atoms with Gasteiger partial charge >= 0.3 is 0 Å². The molecule has 0 aliphatic carbocycles. The van der Waals surface area contributed by atoms with Crippen LogP contribution in [-0.2, 0) is 9.59 Å². The van der Waals surface area contributed by atoms with E-state index in [0.717, 1.165) is 13.1 Å². The second kappa shape index (κ2) is 8.31. The zero-order valence-corrected chi connectivity index (χ0v) is 12.7. The van der Waals surface area contributed by atoms with E-state index in [1.165, 1.54) is 12.8 Å². The van der Waals surface area contributed by atoms with Gasteiger partial charge in [-0.25, -0.2) is 0 Å². The van der Waals surface area contributed by atoms with Crippen LogP contribution in [0.2, 0.25) is 0 Å². The number of carbonyl (C=O) groups excluding carboxylic acids is 2. The van der Waals surface area contributed by atoms with Gasteiger partial charge in [-0.05, 0) is 12.5 Å². The average Bonchev–Trinajstić information content (AvgIpc) is 2.43. The lowest BCUT2D eigenvalue weighted by Gasteiger charge is -2.30. The topological polar surface area (TPSA) is 40.6 Å². The summed E-state index contributed by atoms with van der Waals surface area (Å²) in [5, 5.41) is 0. The predicted octanol–water partition coefficient (Wildman–Crippen LogP) is 1.94. The molecule has 0 N–H and O–H groups in total. The van der Waals surface area contributed by atoms with Gasteiger partial charge in [-0.3, -0.25) is 14.5 Å². The molecular weight excluding hydrogens is 240 g/mol. The summed E-state index contributed by atoms with van der Waals surface area (Å²) in [4.78, 5) is 27.5. The molecule has 1 fully saturated rings. The number of carbonyl (C=O) groups is 2. The monoisotopic (exact) mass is 268 g/mol. The molecule has 4 nitrogen and oxygen atoms in total. The molecule has 1 rings (SSSR count). The second-order valence-electron chi connectivity index (χ2n) is 5.43. The summed E-state index contributed by atoms with van der Waals surface area (Å²) in [6, 6.07) is 0. The van der Waals surface area contributed by atoms with Gasteiger partial charge < -0.3 is 4.90 Å². The van der Waals surface area contributed by atoms with Gasteiger partial charge in [0.05, 0.1) is 6.54 Å². The molecule has 19 heavy (non-hydrogen) atoms. The predicted molar refractivity (Wildman–Crippen MR) is 77.0 cm³/mol. The number of likely N-dealkylation sites (N-methyl/N-ethyl adjacent to an activating group) is 1. The summed E-state index contributed by atoms with van der Waals surface area (Å²) >= 11 is 0. The van der Waals surface area contributed by atoms with Gasteiger partial charge in [0.25, 0.3) is 0 Å². The Labute approximate surface area is 117 Å². The van der Waals surface area contributed by atoms with Gasteiger partial charge in [-0.1, -0.05) is 33.6 Å². The zero-order chi connectivity index (χ0) is 14.3. The first-order valence-corrected chi connectivity index (χ1v) is 7.62. The lowest BCUT2D eigenvalue weighted by Crippen LogP contribution is -2.45. The molecule has 0 spiro atoms. The first-order valence-electron chi connectivity index (χ1n) is 7.62. The van der Waals surface area contributed by atoms with Crippen LogP contribution in [0.3, 0.4) is 0 Å². The SMILES string of the molecule is CCC(CC)CN(CC)CC(=O)N1CCC(=O)CC1. The van der Waals surface area contributed by atoms with E-state index in [2.05, 4.69) is 25.7 Å². The fourth-order valence-electron chi connectivity index (χ4n) is 2.51. The molecule has 0 radical (unpaired) electrons. The van der Waals surface area contributed by atoms with E-state index in [0.29, 0.717) is 38.4 Å². The minimum absolute atomic E-state index is 0.181. The normalized spacial score (nSPS) is 16.5. The molecule has 0 bridgehead atoms.